The van der Waals surface area contributed by atoms with Crippen molar-refractivity contribution in [3.63, 3.8) is 0 Å². The molecule has 1 N–H and O–H groups in total. The summed E-state index contributed by atoms with van der Waals surface area (Å²) < 4.78 is 28.7. The third-order valence-corrected chi connectivity index (χ3v) is 4.57. The van der Waals surface area contributed by atoms with Gasteiger partial charge >= 0.3 is 0 Å². The molecule has 26 heavy (non-hydrogen) atoms. The number of aromatic nitrogens is 3. The molecular formula is C18H16F2N4OS. The standard InChI is InChI=1S/C18H16F2N4OS/c1-2-24-17(14-5-3-4-6-15(14)20)22-23-18(24)26-11-16(25)21-13-9-7-12(19)8-10-13/h3-10H,2,11H2,1H3,(H,21,25). The number of nitrogens with one attached hydrogen (secondary N) is 1. The third kappa shape index (κ3) is 4.08. The number of thioether (sulfide) groups is 1. The summed E-state index contributed by atoms with van der Waals surface area (Å²) in [6, 6.07) is 11.9. The van der Waals surface area contributed by atoms with Gasteiger partial charge in [-0.2, -0.15) is 0 Å². The minimum Gasteiger partial charge on any atom is -0.325 e. The van der Waals surface area contributed by atoms with Crippen LogP contribution in [0.2, 0.25) is 0 Å². The number of hydrogen-bond acceptors (Lipinski definition) is 4. The van der Waals surface area contributed by atoms with E-state index in [4.69, 9.17) is 0 Å². The van der Waals surface area contributed by atoms with Crippen molar-refractivity contribution in [2.45, 2.75) is 18.6 Å². The first kappa shape index (κ1) is 18.1. The summed E-state index contributed by atoms with van der Waals surface area (Å²) in [7, 11) is 0. The molecule has 0 spiro atoms. The number of amides is 1. The summed E-state index contributed by atoms with van der Waals surface area (Å²) in [4.78, 5) is 12.1. The number of benzene rings is 2. The van der Waals surface area contributed by atoms with E-state index in [1.807, 2.05) is 6.92 Å². The maximum atomic E-state index is 14.0. The van der Waals surface area contributed by atoms with Crippen molar-refractivity contribution in [2.24, 2.45) is 0 Å². The van der Waals surface area contributed by atoms with Gasteiger partial charge in [0.1, 0.15) is 11.6 Å². The van der Waals surface area contributed by atoms with Crippen LogP contribution in [0.4, 0.5) is 14.5 Å². The van der Waals surface area contributed by atoms with Crippen LogP contribution in [0.3, 0.4) is 0 Å². The Morgan fingerprint density at radius 1 is 1.12 bits per heavy atom. The van der Waals surface area contributed by atoms with Gasteiger partial charge in [0.2, 0.25) is 5.91 Å². The van der Waals surface area contributed by atoms with Crippen LogP contribution in [0.25, 0.3) is 11.4 Å². The fourth-order valence-corrected chi connectivity index (χ4v) is 3.19. The van der Waals surface area contributed by atoms with E-state index < -0.39 is 0 Å². The van der Waals surface area contributed by atoms with Gasteiger partial charge in [0, 0.05) is 12.2 Å². The highest BCUT2D eigenvalue weighted by Gasteiger charge is 2.17. The van der Waals surface area contributed by atoms with Gasteiger partial charge in [0.25, 0.3) is 0 Å². The average molecular weight is 374 g/mol. The molecule has 0 aliphatic rings. The molecular weight excluding hydrogens is 358 g/mol. The molecule has 0 fully saturated rings. The zero-order valence-corrected chi connectivity index (χ0v) is 14.8. The molecule has 0 aliphatic carbocycles. The first-order valence-electron chi connectivity index (χ1n) is 7.94. The van der Waals surface area contributed by atoms with Crippen molar-refractivity contribution in [3.05, 3.63) is 60.2 Å². The summed E-state index contributed by atoms with van der Waals surface area (Å²) in [5.41, 5.74) is 0.880. The second-order valence-corrected chi connectivity index (χ2v) is 6.32. The van der Waals surface area contributed by atoms with Gasteiger partial charge in [-0.05, 0) is 43.3 Å². The summed E-state index contributed by atoms with van der Waals surface area (Å²) in [5.74, 6) is -0.465. The predicted molar refractivity (Wildman–Crippen MR) is 96.8 cm³/mol. The zero-order valence-electron chi connectivity index (χ0n) is 13.9. The van der Waals surface area contributed by atoms with Gasteiger partial charge < -0.3 is 9.88 Å². The van der Waals surface area contributed by atoms with Crippen molar-refractivity contribution in [1.29, 1.82) is 0 Å². The number of carbonyl (C=O) groups excluding carboxylic acids is 1. The molecule has 1 amide bonds. The molecule has 3 rings (SSSR count). The maximum Gasteiger partial charge on any atom is 0.234 e. The molecule has 0 saturated carbocycles. The maximum absolute atomic E-state index is 14.0. The lowest BCUT2D eigenvalue weighted by atomic mass is 10.2. The predicted octanol–water partition coefficient (Wildman–Crippen LogP) is 3.97. The van der Waals surface area contributed by atoms with Crippen molar-refractivity contribution < 1.29 is 13.6 Å². The molecule has 5 nitrogen and oxygen atoms in total. The molecule has 0 aliphatic heterocycles. The zero-order chi connectivity index (χ0) is 18.5. The van der Waals surface area contributed by atoms with E-state index in [0.717, 1.165) is 0 Å². The van der Waals surface area contributed by atoms with Crippen LogP contribution in [-0.2, 0) is 11.3 Å². The first-order valence-corrected chi connectivity index (χ1v) is 8.93. The van der Waals surface area contributed by atoms with Crippen molar-refractivity contribution >= 4 is 23.4 Å². The normalized spacial score (nSPS) is 10.7. The molecule has 2 aromatic carbocycles. The second-order valence-electron chi connectivity index (χ2n) is 5.37. The van der Waals surface area contributed by atoms with Crippen LogP contribution >= 0.6 is 11.8 Å². The quantitative estimate of drug-likeness (QED) is 0.663. The number of hydrogen-bond donors (Lipinski definition) is 1. The summed E-state index contributed by atoms with van der Waals surface area (Å²) >= 11 is 1.20. The average Bonchev–Trinajstić information content (AvgIpc) is 3.05. The Kier molecular flexibility index (Phi) is 5.62. The van der Waals surface area contributed by atoms with Crippen molar-refractivity contribution in [3.8, 4) is 11.4 Å². The van der Waals surface area contributed by atoms with Crippen molar-refractivity contribution in [2.75, 3.05) is 11.1 Å². The van der Waals surface area contributed by atoms with Crippen LogP contribution < -0.4 is 5.32 Å². The van der Waals surface area contributed by atoms with Crippen LogP contribution in [0.5, 0.6) is 0 Å². The summed E-state index contributed by atoms with van der Waals surface area (Å²) in [6.45, 7) is 2.44. The van der Waals surface area contributed by atoms with E-state index in [9.17, 15) is 13.6 Å². The van der Waals surface area contributed by atoms with Gasteiger partial charge in [-0.25, -0.2) is 8.78 Å². The molecule has 0 atom stereocenters. The number of nitrogens with zero attached hydrogens (tertiary/aromatic N) is 3. The topological polar surface area (TPSA) is 59.8 Å². The van der Waals surface area contributed by atoms with E-state index in [2.05, 4.69) is 15.5 Å². The highest BCUT2D eigenvalue weighted by Crippen LogP contribution is 2.25. The highest BCUT2D eigenvalue weighted by molar-refractivity contribution is 7.99. The first-order chi connectivity index (χ1) is 12.6. The third-order valence-electron chi connectivity index (χ3n) is 3.61. The molecule has 0 bridgehead atoms. The van der Waals surface area contributed by atoms with Crippen LogP contribution in [-0.4, -0.2) is 26.4 Å². The summed E-state index contributed by atoms with van der Waals surface area (Å²) in [5, 5.41) is 11.4. The summed E-state index contributed by atoms with van der Waals surface area (Å²) in [6.07, 6.45) is 0. The van der Waals surface area contributed by atoms with Gasteiger partial charge in [0.15, 0.2) is 11.0 Å². The van der Waals surface area contributed by atoms with Crippen LogP contribution in [0, 0.1) is 11.6 Å². The van der Waals surface area contributed by atoms with E-state index >= 15 is 0 Å². The van der Waals surface area contributed by atoms with E-state index in [1.54, 1.807) is 22.8 Å². The Labute approximate surface area is 153 Å². The Bertz CT molecular complexity index is 912. The van der Waals surface area contributed by atoms with E-state index in [-0.39, 0.29) is 23.3 Å². The Morgan fingerprint density at radius 2 is 1.85 bits per heavy atom. The number of anilines is 1. The lowest BCUT2D eigenvalue weighted by Gasteiger charge is -2.08. The molecule has 0 saturated heterocycles. The molecule has 0 unspecified atom stereocenters. The van der Waals surface area contributed by atoms with Crippen molar-refractivity contribution in [1.82, 2.24) is 14.8 Å². The minimum atomic E-state index is -0.375. The molecule has 0 radical (unpaired) electrons. The molecule has 1 heterocycles. The fourth-order valence-electron chi connectivity index (χ4n) is 2.38. The highest BCUT2D eigenvalue weighted by atomic mass is 32.2. The fraction of sp³-hybridized carbons (Fsp3) is 0.167. The second kappa shape index (κ2) is 8.09. The largest absolute Gasteiger partial charge is 0.325 e. The molecule has 3 aromatic rings. The Morgan fingerprint density at radius 3 is 2.54 bits per heavy atom. The van der Waals surface area contributed by atoms with E-state index in [0.29, 0.717) is 28.8 Å². The number of carbonyl (C=O) groups is 1. The number of halogens is 2. The van der Waals surface area contributed by atoms with Crippen LogP contribution in [0.1, 0.15) is 6.92 Å². The lowest BCUT2D eigenvalue weighted by Crippen LogP contribution is -2.14. The van der Waals surface area contributed by atoms with Gasteiger partial charge in [-0.15, -0.1) is 10.2 Å². The molecule has 134 valence electrons. The molecule has 8 heteroatoms. The molecule has 1 aromatic heterocycles. The SMILES string of the molecule is CCn1c(SCC(=O)Nc2ccc(F)cc2)nnc1-c1ccccc1F. The van der Waals surface area contributed by atoms with Gasteiger partial charge in [0.05, 0.1) is 11.3 Å². The minimum absolute atomic E-state index is 0.104. The van der Waals surface area contributed by atoms with Crippen LogP contribution in [0.15, 0.2) is 53.7 Å². The smallest absolute Gasteiger partial charge is 0.234 e. The Balaban J connectivity index is 1.69. The van der Waals surface area contributed by atoms with Gasteiger partial charge in [-0.3, -0.25) is 4.79 Å². The Hall–Kier alpha value is -2.74. The number of rotatable bonds is 6. The van der Waals surface area contributed by atoms with E-state index in [1.165, 1.54) is 42.1 Å². The van der Waals surface area contributed by atoms with Gasteiger partial charge in [-0.1, -0.05) is 23.9 Å². The monoisotopic (exact) mass is 374 g/mol. The lowest BCUT2D eigenvalue weighted by molar-refractivity contribution is -0.113.